The van der Waals surface area contributed by atoms with Crippen molar-refractivity contribution in [2.24, 2.45) is 0 Å². The SMILES string of the molecule is Cc1cccc(CSCCNC(=O)CN(c2cc(Cl)ccc2C)S(=O)(=O)c2ccccc2)c1. The molecule has 3 aromatic carbocycles. The molecule has 0 fully saturated rings. The van der Waals surface area contributed by atoms with Gasteiger partial charge in [0.2, 0.25) is 5.91 Å². The van der Waals surface area contributed by atoms with Crippen molar-refractivity contribution >= 4 is 45.0 Å². The molecule has 0 saturated heterocycles. The lowest BCUT2D eigenvalue weighted by molar-refractivity contribution is -0.119. The van der Waals surface area contributed by atoms with Gasteiger partial charge >= 0.3 is 0 Å². The summed E-state index contributed by atoms with van der Waals surface area (Å²) in [5, 5.41) is 3.24. The van der Waals surface area contributed by atoms with Gasteiger partial charge in [0.25, 0.3) is 10.0 Å². The summed E-state index contributed by atoms with van der Waals surface area (Å²) in [5.41, 5.74) is 3.55. The normalized spacial score (nSPS) is 11.2. The predicted octanol–water partition coefficient (Wildman–Crippen LogP) is 5.20. The van der Waals surface area contributed by atoms with Crippen molar-refractivity contribution in [2.75, 3.05) is 23.1 Å². The van der Waals surface area contributed by atoms with E-state index in [0.717, 1.165) is 15.8 Å². The predicted molar refractivity (Wildman–Crippen MR) is 138 cm³/mol. The number of aryl methyl sites for hydroxylation is 2. The number of rotatable bonds is 10. The van der Waals surface area contributed by atoms with Crippen LogP contribution in [0.2, 0.25) is 5.02 Å². The third-order valence-electron chi connectivity index (χ3n) is 4.98. The maximum Gasteiger partial charge on any atom is 0.264 e. The molecular weight excluding hydrogens is 476 g/mol. The van der Waals surface area contributed by atoms with Gasteiger partial charge < -0.3 is 5.32 Å². The highest BCUT2D eigenvalue weighted by Gasteiger charge is 2.28. The van der Waals surface area contributed by atoms with Crippen LogP contribution in [0.1, 0.15) is 16.7 Å². The number of sulfonamides is 1. The first-order valence-electron chi connectivity index (χ1n) is 10.5. The summed E-state index contributed by atoms with van der Waals surface area (Å²) in [5.74, 6) is 1.21. The zero-order valence-electron chi connectivity index (χ0n) is 18.6. The lowest BCUT2D eigenvalue weighted by atomic mass is 10.2. The largest absolute Gasteiger partial charge is 0.354 e. The van der Waals surface area contributed by atoms with E-state index in [2.05, 4.69) is 30.4 Å². The second-order valence-corrected chi connectivity index (χ2v) is 11.1. The summed E-state index contributed by atoms with van der Waals surface area (Å²) in [6, 6.07) is 21.4. The minimum atomic E-state index is -3.96. The first-order valence-corrected chi connectivity index (χ1v) is 13.5. The van der Waals surface area contributed by atoms with Crippen LogP contribution in [0, 0.1) is 13.8 Å². The second kappa shape index (κ2) is 11.6. The third-order valence-corrected chi connectivity index (χ3v) is 8.02. The van der Waals surface area contributed by atoms with Gasteiger partial charge in [0.1, 0.15) is 6.54 Å². The van der Waals surface area contributed by atoms with Gasteiger partial charge in [0.15, 0.2) is 0 Å². The molecular formula is C25H27ClN2O3S2. The number of thioether (sulfide) groups is 1. The van der Waals surface area contributed by atoms with Gasteiger partial charge in [-0.15, -0.1) is 0 Å². The number of nitrogens with one attached hydrogen (secondary N) is 1. The van der Waals surface area contributed by atoms with Gasteiger partial charge in [0, 0.05) is 23.1 Å². The van der Waals surface area contributed by atoms with Crippen LogP contribution in [-0.2, 0) is 20.6 Å². The van der Waals surface area contributed by atoms with Crippen molar-refractivity contribution < 1.29 is 13.2 Å². The van der Waals surface area contributed by atoms with Gasteiger partial charge in [-0.2, -0.15) is 11.8 Å². The summed E-state index contributed by atoms with van der Waals surface area (Å²) in [6.45, 7) is 3.97. The van der Waals surface area contributed by atoms with Gasteiger partial charge in [0.05, 0.1) is 10.6 Å². The highest BCUT2D eigenvalue weighted by molar-refractivity contribution is 7.98. The van der Waals surface area contributed by atoms with Crippen LogP contribution >= 0.6 is 23.4 Å². The van der Waals surface area contributed by atoms with Crippen molar-refractivity contribution in [3.05, 3.63) is 94.5 Å². The summed E-state index contributed by atoms with van der Waals surface area (Å²) < 4.78 is 27.9. The van der Waals surface area contributed by atoms with E-state index in [4.69, 9.17) is 11.6 Å². The van der Waals surface area contributed by atoms with E-state index < -0.39 is 10.0 Å². The van der Waals surface area contributed by atoms with Crippen LogP contribution in [0.3, 0.4) is 0 Å². The molecule has 3 aromatic rings. The minimum absolute atomic E-state index is 0.117. The third kappa shape index (κ3) is 7.00. The van der Waals surface area contributed by atoms with E-state index in [-0.39, 0.29) is 17.3 Å². The molecule has 0 unspecified atom stereocenters. The van der Waals surface area contributed by atoms with Crippen LogP contribution in [0.15, 0.2) is 77.7 Å². The summed E-state index contributed by atoms with van der Waals surface area (Å²) in [4.78, 5) is 12.8. The van der Waals surface area contributed by atoms with Crippen LogP contribution in [0.25, 0.3) is 0 Å². The Morgan fingerprint density at radius 3 is 2.48 bits per heavy atom. The lowest BCUT2D eigenvalue weighted by Gasteiger charge is -2.25. The summed E-state index contributed by atoms with van der Waals surface area (Å²) >= 11 is 7.86. The number of carbonyl (C=O) groups excluding carboxylic acids is 1. The number of hydrogen-bond donors (Lipinski definition) is 1. The Hall–Kier alpha value is -2.48. The standard InChI is InChI=1S/C25H27ClN2O3S2/c1-19-7-6-8-21(15-19)18-32-14-13-27-25(29)17-28(24-16-22(26)12-11-20(24)2)33(30,31)23-9-4-3-5-10-23/h3-12,15-16H,13-14,17-18H2,1-2H3,(H,27,29). The second-order valence-electron chi connectivity index (χ2n) is 7.65. The number of nitrogens with zero attached hydrogens (tertiary/aromatic N) is 1. The highest BCUT2D eigenvalue weighted by Crippen LogP contribution is 2.29. The van der Waals surface area contributed by atoms with Gasteiger partial charge in [-0.05, 0) is 49.2 Å². The Kier molecular flexibility index (Phi) is 8.83. The molecule has 0 heterocycles. The number of anilines is 1. The molecule has 0 aliphatic heterocycles. The Balaban J connectivity index is 1.67. The molecule has 0 bridgehead atoms. The first kappa shape index (κ1) is 25.1. The van der Waals surface area contributed by atoms with E-state index in [9.17, 15) is 13.2 Å². The molecule has 1 amide bonds. The molecule has 0 spiro atoms. The Labute approximate surface area is 205 Å². The summed E-state index contributed by atoms with van der Waals surface area (Å²) in [7, 11) is -3.96. The van der Waals surface area contributed by atoms with Crippen LogP contribution in [0.5, 0.6) is 0 Å². The smallest absolute Gasteiger partial charge is 0.264 e. The first-order chi connectivity index (χ1) is 15.8. The van der Waals surface area contributed by atoms with Crippen molar-refractivity contribution in [3.63, 3.8) is 0 Å². The number of carbonyl (C=O) groups is 1. The van der Waals surface area contributed by atoms with E-state index >= 15 is 0 Å². The summed E-state index contributed by atoms with van der Waals surface area (Å²) in [6.07, 6.45) is 0. The number of hydrogen-bond acceptors (Lipinski definition) is 4. The molecule has 1 N–H and O–H groups in total. The maximum atomic E-state index is 13.4. The molecule has 5 nitrogen and oxygen atoms in total. The maximum absolute atomic E-state index is 13.4. The molecule has 0 aromatic heterocycles. The quantitative estimate of drug-likeness (QED) is 0.387. The van der Waals surface area contributed by atoms with Crippen LogP contribution < -0.4 is 9.62 Å². The molecule has 0 atom stereocenters. The van der Waals surface area contributed by atoms with Crippen molar-refractivity contribution in [2.45, 2.75) is 24.5 Å². The van der Waals surface area contributed by atoms with Crippen molar-refractivity contribution in [3.8, 4) is 0 Å². The molecule has 3 rings (SSSR count). The highest BCUT2D eigenvalue weighted by atomic mass is 35.5. The minimum Gasteiger partial charge on any atom is -0.354 e. The van der Waals surface area contributed by atoms with E-state index in [1.807, 2.05) is 6.07 Å². The zero-order chi connectivity index (χ0) is 23.8. The number of benzene rings is 3. The van der Waals surface area contributed by atoms with E-state index in [0.29, 0.717) is 22.8 Å². The molecule has 8 heteroatoms. The van der Waals surface area contributed by atoms with Gasteiger partial charge in [-0.25, -0.2) is 8.42 Å². The average molecular weight is 503 g/mol. The Morgan fingerprint density at radius 2 is 1.76 bits per heavy atom. The Morgan fingerprint density at radius 1 is 1.00 bits per heavy atom. The van der Waals surface area contributed by atoms with E-state index in [1.54, 1.807) is 55.1 Å². The van der Waals surface area contributed by atoms with Gasteiger partial charge in [-0.3, -0.25) is 9.10 Å². The number of amides is 1. The fraction of sp³-hybridized carbons (Fsp3) is 0.240. The fourth-order valence-corrected chi connectivity index (χ4v) is 5.78. The zero-order valence-corrected chi connectivity index (χ0v) is 21.0. The average Bonchev–Trinajstić information content (AvgIpc) is 2.79. The van der Waals surface area contributed by atoms with E-state index in [1.165, 1.54) is 23.3 Å². The topological polar surface area (TPSA) is 66.5 Å². The Bertz CT molecular complexity index is 1200. The molecule has 0 aliphatic carbocycles. The molecule has 0 saturated carbocycles. The molecule has 0 radical (unpaired) electrons. The fourth-order valence-electron chi connectivity index (χ4n) is 3.31. The van der Waals surface area contributed by atoms with Crippen LogP contribution in [-0.4, -0.2) is 33.2 Å². The van der Waals surface area contributed by atoms with Crippen LogP contribution in [0.4, 0.5) is 5.69 Å². The van der Waals surface area contributed by atoms with Gasteiger partial charge in [-0.1, -0.05) is 65.7 Å². The monoisotopic (exact) mass is 502 g/mol. The molecule has 174 valence electrons. The lowest BCUT2D eigenvalue weighted by Crippen LogP contribution is -2.41. The van der Waals surface area contributed by atoms with Crippen molar-refractivity contribution in [1.29, 1.82) is 0 Å². The number of halogens is 1. The molecule has 0 aliphatic rings. The molecule has 33 heavy (non-hydrogen) atoms. The van der Waals surface area contributed by atoms with Crippen molar-refractivity contribution in [1.82, 2.24) is 5.32 Å².